The third kappa shape index (κ3) is 3.30. The van der Waals surface area contributed by atoms with Gasteiger partial charge in [-0.2, -0.15) is 0 Å². The van der Waals surface area contributed by atoms with E-state index in [1.54, 1.807) is 36.4 Å². The normalized spacial score (nSPS) is 11.2. The number of aromatic hydroxyl groups is 1. The first-order chi connectivity index (χ1) is 11.5. The minimum Gasteiger partial charge on any atom is -0.493 e. The van der Waals surface area contributed by atoms with Crippen LogP contribution >= 0.6 is 0 Å². The molecule has 0 atom stereocenters. The number of aromatic amines is 1. The van der Waals surface area contributed by atoms with Crippen molar-refractivity contribution < 1.29 is 14.6 Å². The highest BCUT2D eigenvalue weighted by Gasteiger charge is 2.12. The number of carbonyl (C=O) groups excluding carboxylic acids is 1. The second-order valence-electron chi connectivity index (χ2n) is 5.27. The zero-order valence-electron chi connectivity index (χ0n) is 13.0. The summed E-state index contributed by atoms with van der Waals surface area (Å²) in [4.78, 5) is 14.5. The first-order valence-corrected chi connectivity index (χ1v) is 7.28. The topological polar surface area (TPSA) is 87.0 Å². The van der Waals surface area contributed by atoms with Crippen molar-refractivity contribution in [3.63, 3.8) is 0 Å². The minimum absolute atomic E-state index is 0.171. The first kappa shape index (κ1) is 15.8. The number of amides is 1. The Kier molecular flexibility index (Phi) is 4.33. The van der Waals surface area contributed by atoms with Crippen LogP contribution in [0.5, 0.6) is 11.6 Å². The molecule has 0 saturated carbocycles. The molecular weight excluding hydrogens is 305 g/mol. The zero-order chi connectivity index (χ0) is 17.1. The average Bonchev–Trinajstić information content (AvgIpc) is 2.87. The highest BCUT2D eigenvalue weighted by molar-refractivity contribution is 6.34. The van der Waals surface area contributed by atoms with E-state index in [2.05, 4.69) is 15.2 Å². The summed E-state index contributed by atoms with van der Waals surface area (Å²) < 4.78 is 5.30. The molecule has 0 aliphatic rings. The van der Waals surface area contributed by atoms with Gasteiger partial charge in [-0.3, -0.25) is 4.79 Å². The largest absolute Gasteiger partial charge is 0.493 e. The molecule has 118 valence electrons. The summed E-state index contributed by atoms with van der Waals surface area (Å²) in [6.45, 7) is 1.61. The minimum atomic E-state index is -0.556. The van der Waals surface area contributed by atoms with Gasteiger partial charge in [0, 0.05) is 5.39 Å². The summed E-state index contributed by atoms with van der Waals surface area (Å²) in [5.41, 5.74) is 2.26. The van der Waals surface area contributed by atoms with Crippen molar-refractivity contribution in [1.29, 1.82) is 0 Å². The lowest BCUT2D eigenvalue weighted by Crippen LogP contribution is -2.07. The molecule has 0 aliphatic carbocycles. The summed E-state index contributed by atoms with van der Waals surface area (Å²) in [6.07, 6.45) is 0. The van der Waals surface area contributed by atoms with Gasteiger partial charge in [0.1, 0.15) is 13.6 Å². The number of aryl methyl sites for hydroxylation is 1. The van der Waals surface area contributed by atoms with Crippen molar-refractivity contribution in [2.75, 3.05) is 6.61 Å². The van der Waals surface area contributed by atoms with Crippen LogP contribution in [-0.2, 0) is 4.79 Å². The van der Waals surface area contributed by atoms with Crippen LogP contribution in [0.2, 0.25) is 0 Å². The highest BCUT2D eigenvalue weighted by Crippen LogP contribution is 2.35. The fourth-order valence-electron chi connectivity index (χ4n) is 2.24. The van der Waals surface area contributed by atoms with Gasteiger partial charge in [0.2, 0.25) is 5.88 Å². The van der Waals surface area contributed by atoms with Gasteiger partial charge in [0.05, 0.1) is 5.52 Å². The zero-order valence-corrected chi connectivity index (χ0v) is 13.0. The van der Waals surface area contributed by atoms with Crippen molar-refractivity contribution >= 4 is 35.8 Å². The standard InChI is InChI=1S/C17H14BN3O3/c1-10-7-12-14(8-13(10)18)19-17(23)16(12)21-20-15(22)9-24-11-5-3-2-4-6-11/h2-8,19,23H,9H2,1H3. The Morgan fingerprint density at radius 2 is 2.04 bits per heavy atom. The van der Waals surface area contributed by atoms with Crippen molar-refractivity contribution in [1.82, 2.24) is 4.98 Å². The average molecular weight is 319 g/mol. The van der Waals surface area contributed by atoms with Crippen LogP contribution in [-0.4, -0.2) is 30.5 Å². The monoisotopic (exact) mass is 319 g/mol. The molecule has 2 aromatic carbocycles. The van der Waals surface area contributed by atoms with Crippen LogP contribution < -0.4 is 10.2 Å². The van der Waals surface area contributed by atoms with E-state index < -0.39 is 5.91 Å². The summed E-state index contributed by atoms with van der Waals surface area (Å²) in [5, 5.41) is 18.0. The van der Waals surface area contributed by atoms with Crippen molar-refractivity contribution in [3.8, 4) is 11.6 Å². The van der Waals surface area contributed by atoms with Gasteiger partial charge in [-0.1, -0.05) is 29.2 Å². The van der Waals surface area contributed by atoms with Crippen molar-refractivity contribution in [2.24, 2.45) is 10.2 Å². The molecule has 1 aromatic heterocycles. The number of fused-ring (bicyclic) bond motifs is 1. The quantitative estimate of drug-likeness (QED) is 0.572. The molecule has 0 unspecified atom stereocenters. The molecule has 0 saturated heterocycles. The maximum absolute atomic E-state index is 11.8. The Hall–Kier alpha value is -3.09. The molecule has 0 aliphatic heterocycles. The lowest BCUT2D eigenvalue weighted by atomic mass is 9.90. The van der Waals surface area contributed by atoms with E-state index >= 15 is 0 Å². The Morgan fingerprint density at radius 3 is 2.79 bits per heavy atom. The lowest BCUT2D eigenvalue weighted by Gasteiger charge is -2.01. The van der Waals surface area contributed by atoms with Crippen molar-refractivity contribution in [2.45, 2.75) is 6.92 Å². The van der Waals surface area contributed by atoms with Gasteiger partial charge in [-0.15, -0.1) is 10.2 Å². The summed E-state index contributed by atoms with van der Waals surface area (Å²) in [7, 11) is 5.84. The molecule has 1 amide bonds. The van der Waals surface area contributed by atoms with E-state index in [-0.39, 0.29) is 18.2 Å². The second kappa shape index (κ2) is 6.58. The molecule has 0 fully saturated rings. The maximum atomic E-state index is 11.8. The number of ether oxygens (including phenoxy) is 1. The number of nitrogens with zero attached hydrogens (tertiary/aromatic N) is 2. The van der Waals surface area contributed by atoms with Crippen LogP contribution in [0.3, 0.4) is 0 Å². The molecule has 0 spiro atoms. The lowest BCUT2D eigenvalue weighted by molar-refractivity contribution is -0.120. The van der Waals surface area contributed by atoms with Gasteiger partial charge >= 0.3 is 5.91 Å². The predicted molar refractivity (Wildman–Crippen MR) is 91.5 cm³/mol. The summed E-state index contributed by atoms with van der Waals surface area (Å²) in [6, 6.07) is 12.4. The Bertz CT molecular complexity index is 920. The van der Waals surface area contributed by atoms with Crippen molar-refractivity contribution in [3.05, 3.63) is 48.0 Å². The molecule has 3 aromatic rings. The van der Waals surface area contributed by atoms with Crippen LogP contribution in [0.4, 0.5) is 5.69 Å². The third-order valence-corrected chi connectivity index (χ3v) is 3.51. The fraction of sp³-hybridized carbons (Fsp3) is 0.118. The van der Waals surface area contributed by atoms with E-state index in [9.17, 15) is 9.90 Å². The van der Waals surface area contributed by atoms with E-state index in [0.717, 1.165) is 5.56 Å². The van der Waals surface area contributed by atoms with E-state index in [1.165, 1.54) is 0 Å². The summed E-state index contributed by atoms with van der Waals surface area (Å²) >= 11 is 0. The number of hydrogen-bond acceptors (Lipinski definition) is 4. The molecule has 2 radical (unpaired) electrons. The van der Waals surface area contributed by atoms with E-state index in [4.69, 9.17) is 12.6 Å². The molecule has 24 heavy (non-hydrogen) atoms. The highest BCUT2D eigenvalue weighted by atomic mass is 16.5. The van der Waals surface area contributed by atoms with Gasteiger partial charge in [-0.05, 0) is 31.2 Å². The number of H-pyrrole nitrogens is 1. The summed E-state index contributed by atoms with van der Waals surface area (Å²) in [5.74, 6) is -0.155. The number of para-hydroxylation sites is 1. The van der Waals surface area contributed by atoms with E-state index in [1.807, 2.05) is 13.0 Å². The molecule has 7 heteroatoms. The Morgan fingerprint density at radius 1 is 1.29 bits per heavy atom. The first-order valence-electron chi connectivity index (χ1n) is 7.28. The molecule has 3 rings (SSSR count). The number of azo groups is 1. The van der Waals surface area contributed by atoms with Gasteiger partial charge in [-0.25, -0.2) is 0 Å². The van der Waals surface area contributed by atoms with Crippen LogP contribution in [0.15, 0.2) is 52.7 Å². The maximum Gasteiger partial charge on any atom is 0.302 e. The van der Waals surface area contributed by atoms with Crippen LogP contribution in [0.25, 0.3) is 10.9 Å². The fourth-order valence-corrected chi connectivity index (χ4v) is 2.24. The number of hydrogen-bond donors (Lipinski definition) is 2. The number of aromatic nitrogens is 1. The molecule has 0 bridgehead atoms. The number of carbonyl (C=O) groups is 1. The number of nitrogens with one attached hydrogen (secondary N) is 1. The molecule has 6 nitrogen and oxygen atoms in total. The van der Waals surface area contributed by atoms with Gasteiger partial charge in [0.15, 0.2) is 12.3 Å². The smallest absolute Gasteiger partial charge is 0.302 e. The Balaban J connectivity index is 1.76. The SMILES string of the molecule is [B]c1cc2[nH]c(O)c(N=NC(=O)COc3ccccc3)c2cc1C. The van der Waals surface area contributed by atoms with Crippen LogP contribution in [0.1, 0.15) is 5.56 Å². The predicted octanol–water partition coefficient (Wildman–Crippen LogP) is 2.67. The number of rotatable bonds is 4. The number of benzene rings is 2. The third-order valence-electron chi connectivity index (χ3n) is 3.51. The molecular formula is C17H14BN3O3. The van der Waals surface area contributed by atoms with E-state index in [0.29, 0.717) is 22.1 Å². The van der Waals surface area contributed by atoms with Gasteiger partial charge < -0.3 is 14.8 Å². The van der Waals surface area contributed by atoms with Gasteiger partial charge in [0.25, 0.3) is 0 Å². The van der Waals surface area contributed by atoms with Crippen LogP contribution in [0, 0.1) is 6.92 Å². The Labute approximate surface area is 139 Å². The molecule has 2 N–H and O–H groups in total. The molecule has 1 heterocycles. The second-order valence-corrected chi connectivity index (χ2v) is 5.27.